The van der Waals surface area contributed by atoms with Gasteiger partial charge in [-0.2, -0.15) is 0 Å². The van der Waals surface area contributed by atoms with Gasteiger partial charge in [0.25, 0.3) is 0 Å². The molecule has 0 radical (unpaired) electrons. The fourth-order valence-corrected chi connectivity index (χ4v) is 3.27. The number of Topliss-reactive ketones (excluding diaryl/α,β-unsaturated/α-hetero) is 1. The Labute approximate surface area is 179 Å². The van der Waals surface area contributed by atoms with Crippen molar-refractivity contribution in [2.24, 2.45) is 0 Å². The van der Waals surface area contributed by atoms with Crippen molar-refractivity contribution in [3.8, 4) is 5.75 Å². The summed E-state index contributed by atoms with van der Waals surface area (Å²) < 4.78 is 16.4. The van der Waals surface area contributed by atoms with Crippen LogP contribution >= 0.6 is 27.5 Å². The highest BCUT2D eigenvalue weighted by atomic mass is 79.9. The van der Waals surface area contributed by atoms with Crippen LogP contribution in [-0.4, -0.2) is 25.5 Å². The Hall–Kier alpha value is -2.64. The maximum Gasteiger partial charge on any atom is 0.340 e. The van der Waals surface area contributed by atoms with Crippen LogP contribution in [0.4, 0.5) is 0 Å². The summed E-state index contributed by atoms with van der Waals surface area (Å²) in [6.45, 7) is 1.47. The Morgan fingerprint density at radius 2 is 1.86 bits per heavy atom. The summed E-state index contributed by atoms with van der Waals surface area (Å²) in [4.78, 5) is 36.1. The number of benzene rings is 2. The summed E-state index contributed by atoms with van der Waals surface area (Å²) in [5, 5.41) is 0.821. The molecule has 0 spiro atoms. The second-order valence-corrected chi connectivity index (χ2v) is 7.57. The highest BCUT2D eigenvalue weighted by Crippen LogP contribution is 2.32. The summed E-state index contributed by atoms with van der Waals surface area (Å²) in [6.07, 6.45) is -0.196. The van der Waals surface area contributed by atoms with Crippen LogP contribution in [0.2, 0.25) is 5.02 Å². The zero-order valence-corrected chi connectivity index (χ0v) is 17.9. The van der Waals surface area contributed by atoms with Gasteiger partial charge in [-0.15, -0.1) is 0 Å². The van der Waals surface area contributed by atoms with E-state index in [0.717, 1.165) is 4.47 Å². The molecule has 3 aromatic rings. The van der Waals surface area contributed by atoms with Crippen LogP contribution in [0.5, 0.6) is 5.75 Å². The fourth-order valence-electron chi connectivity index (χ4n) is 2.78. The van der Waals surface area contributed by atoms with E-state index in [0.29, 0.717) is 16.5 Å². The van der Waals surface area contributed by atoms with Gasteiger partial charge in [0, 0.05) is 21.5 Å². The van der Waals surface area contributed by atoms with Gasteiger partial charge in [0.1, 0.15) is 11.3 Å². The van der Waals surface area contributed by atoms with E-state index in [-0.39, 0.29) is 40.7 Å². The van der Waals surface area contributed by atoms with Crippen molar-refractivity contribution < 1.29 is 23.5 Å². The van der Waals surface area contributed by atoms with Crippen LogP contribution in [0.15, 0.2) is 50.1 Å². The lowest BCUT2D eigenvalue weighted by atomic mass is 10.0. The molecule has 0 aliphatic carbocycles. The lowest BCUT2D eigenvalue weighted by molar-refractivity contribution is -0.139. The summed E-state index contributed by atoms with van der Waals surface area (Å²) >= 11 is 9.61. The van der Waals surface area contributed by atoms with E-state index in [1.807, 2.05) is 0 Å². The average Bonchev–Trinajstić information content (AvgIpc) is 2.70. The lowest BCUT2D eigenvalue weighted by Gasteiger charge is -2.11. The number of carbonyl (C=O) groups is 2. The normalized spacial score (nSPS) is 10.8. The third-order valence-corrected chi connectivity index (χ3v) is 5.24. The molecule has 6 nitrogen and oxygen atoms in total. The number of fused-ring (bicyclic) bond motifs is 1. The molecule has 3 rings (SSSR count). The van der Waals surface area contributed by atoms with E-state index < -0.39 is 11.6 Å². The molecule has 0 saturated heterocycles. The molecule has 2 aromatic carbocycles. The fraction of sp³-hybridized carbons (Fsp3) is 0.190. The van der Waals surface area contributed by atoms with Gasteiger partial charge in [-0.05, 0) is 30.7 Å². The SMILES string of the molecule is COC(=O)Cc1c(C)c2cc(Cl)c(OCC(=O)c3ccc(Br)cc3)cc2oc1=O. The molecule has 150 valence electrons. The Kier molecular flexibility index (Phi) is 6.39. The van der Waals surface area contributed by atoms with E-state index in [2.05, 4.69) is 20.7 Å². The van der Waals surface area contributed by atoms with E-state index in [4.69, 9.17) is 20.8 Å². The number of aryl methyl sites for hydroxylation is 1. The molecule has 0 bridgehead atoms. The molecule has 0 atom stereocenters. The first-order chi connectivity index (χ1) is 13.8. The Morgan fingerprint density at radius 3 is 2.52 bits per heavy atom. The summed E-state index contributed by atoms with van der Waals surface area (Å²) in [5.74, 6) is -0.551. The van der Waals surface area contributed by atoms with Crippen LogP contribution in [0.1, 0.15) is 21.5 Å². The highest BCUT2D eigenvalue weighted by Gasteiger charge is 2.17. The first kappa shape index (κ1) is 21.1. The number of ether oxygens (including phenoxy) is 2. The maximum atomic E-state index is 12.3. The molecule has 0 aliphatic rings. The molecule has 1 aromatic heterocycles. The number of hydrogen-bond donors (Lipinski definition) is 0. The van der Waals surface area contributed by atoms with Gasteiger partial charge in [-0.1, -0.05) is 39.7 Å². The largest absolute Gasteiger partial charge is 0.484 e. The molecule has 0 saturated carbocycles. The Morgan fingerprint density at radius 1 is 1.17 bits per heavy atom. The monoisotopic (exact) mass is 478 g/mol. The van der Waals surface area contributed by atoms with Crippen molar-refractivity contribution >= 4 is 50.3 Å². The predicted molar refractivity (Wildman–Crippen MR) is 112 cm³/mol. The summed E-state index contributed by atoms with van der Waals surface area (Å²) in [7, 11) is 1.25. The minimum atomic E-state index is -0.639. The lowest BCUT2D eigenvalue weighted by Crippen LogP contribution is -2.16. The molecular formula is C21H16BrClO6. The van der Waals surface area contributed by atoms with E-state index in [1.54, 1.807) is 37.3 Å². The third-order valence-electron chi connectivity index (χ3n) is 4.41. The second kappa shape index (κ2) is 8.80. The minimum Gasteiger partial charge on any atom is -0.484 e. The van der Waals surface area contributed by atoms with Crippen molar-refractivity contribution in [2.75, 3.05) is 13.7 Å². The number of halogens is 2. The molecule has 0 fully saturated rings. The van der Waals surface area contributed by atoms with Crippen LogP contribution in [0.25, 0.3) is 11.0 Å². The minimum absolute atomic E-state index is 0.196. The van der Waals surface area contributed by atoms with Gasteiger partial charge >= 0.3 is 11.6 Å². The van der Waals surface area contributed by atoms with E-state index >= 15 is 0 Å². The summed E-state index contributed by atoms with van der Waals surface area (Å²) in [6, 6.07) is 9.93. The van der Waals surface area contributed by atoms with Crippen LogP contribution in [-0.2, 0) is 16.0 Å². The van der Waals surface area contributed by atoms with Gasteiger partial charge in [0.05, 0.1) is 24.1 Å². The molecule has 1 heterocycles. The van der Waals surface area contributed by atoms with Gasteiger partial charge < -0.3 is 13.9 Å². The maximum absolute atomic E-state index is 12.3. The molecular weight excluding hydrogens is 464 g/mol. The van der Waals surface area contributed by atoms with Crippen molar-refractivity contribution in [3.63, 3.8) is 0 Å². The molecule has 29 heavy (non-hydrogen) atoms. The number of ketones is 1. The second-order valence-electron chi connectivity index (χ2n) is 6.24. The zero-order chi connectivity index (χ0) is 21.1. The standard InChI is InChI=1S/C21H16BrClO6/c1-11-14-7-16(23)19(28-10-17(24)12-3-5-13(22)6-4-12)9-18(14)29-21(26)15(11)8-20(25)27-2/h3-7,9H,8,10H2,1-2H3. The van der Waals surface area contributed by atoms with Gasteiger partial charge in [-0.3, -0.25) is 9.59 Å². The van der Waals surface area contributed by atoms with Gasteiger partial charge in [0.2, 0.25) is 0 Å². The number of hydrogen-bond acceptors (Lipinski definition) is 6. The van der Waals surface area contributed by atoms with E-state index in [1.165, 1.54) is 13.2 Å². The Bertz CT molecular complexity index is 1150. The molecule has 0 N–H and O–H groups in total. The highest BCUT2D eigenvalue weighted by molar-refractivity contribution is 9.10. The summed E-state index contributed by atoms with van der Waals surface area (Å²) in [5.41, 5.74) is 0.886. The van der Waals surface area contributed by atoms with Crippen LogP contribution in [0, 0.1) is 6.92 Å². The topological polar surface area (TPSA) is 82.8 Å². The zero-order valence-electron chi connectivity index (χ0n) is 15.6. The van der Waals surface area contributed by atoms with Crippen molar-refractivity contribution in [1.82, 2.24) is 0 Å². The van der Waals surface area contributed by atoms with Gasteiger partial charge in [0.15, 0.2) is 12.4 Å². The van der Waals surface area contributed by atoms with E-state index in [9.17, 15) is 14.4 Å². The third kappa shape index (κ3) is 4.68. The predicted octanol–water partition coefficient (Wildman–Crippen LogP) is 4.49. The molecule has 8 heteroatoms. The molecule has 0 aliphatic heterocycles. The number of methoxy groups -OCH3 is 1. The average molecular weight is 480 g/mol. The number of rotatable bonds is 6. The number of esters is 1. The van der Waals surface area contributed by atoms with Crippen molar-refractivity contribution in [3.05, 3.63) is 73.0 Å². The van der Waals surface area contributed by atoms with Crippen LogP contribution < -0.4 is 10.4 Å². The molecule has 0 unspecified atom stereocenters. The quantitative estimate of drug-likeness (QED) is 0.294. The Balaban J connectivity index is 1.88. The van der Waals surface area contributed by atoms with Crippen LogP contribution in [0.3, 0.4) is 0 Å². The first-order valence-corrected chi connectivity index (χ1v) is 9.71. The first-order valence-electron chi connectivity index (χ1n) is 8.54. The molecule has 0 amide bonds. The smallest absolute Gasteiger partial charge is 0.340 e. The van der Waals surface area contributed by atoms with Crippen molar-refractivity contribution in [1.29, 1.82) is 0 Å². The number of carbonyl (C=O) groups excluding carboxylic acids is 2. The van der Waals surface area contributed by atoms with Crippen molar-refractivity contribution in [2.45, 2.75) is 13.3 Å². The van der Waals surface area contributed by atoms with Gasteiger partial charge in [-0.25, -0.2) is 4.79 Å².